The molecular weight excluding hydrogens is 232 g/mol. The van der Waals surface area contributed by atoms with Crippen molar-refractivity contribution in [1.82, 2.24) is 0 Å². The first kappa shape index (κ1) is 16.9. The average molecular weight is 256 g/mol. The third kappa shape index (κ3) is 9.02. The van der Waals surface area contributed by atoms with Crippen LogP contribution in [0.25, 0.3) is 0 Å². The molecule has 0 N–H and O–H groups in total. The van der Waals surface area contributed by atoms with Crippen molar-refractivity contribution in [1.29, 1.82) is 0 Å². The van der Waals surface area contributed by atoms with Crippen LogP contribution in [0.3, 0.4) is 0 Å². The van der Waals surface area contributed by atoms with Gasteiger partial charge in [-0.2, -0.15) is 0 Å². The van der Waals surface area contributed by atoms with E-state index < -0.39 is 17.9 Å². The van der Waals surface area contributed by atoms with Gasteiger partial charge in [-0.05, 0) is 6.42 Å². The van der Waals surface area contributed by atoms with Crippen LogP contribution in [-0.2, 0) is 9.59 Å². The molecule has 0 heterocycles. The van der Waals surface area contributed by atoms with Crippen molar-refractivity contribution in [2.75, 3.05) is 0 Å². The molecule has 0 amide bonds. The maximum absolute atomic E-state index is 10.5. The number of aliphatic carboxylic acids is 2. The first-order valence-corrected chi connectivity index (χ1v) is 7.01. The Hall–Kier alpha value is -1.06. The second-order valence-corrected chi connectivity index (χ2v) is 4.81. The highest BCUT2D eigenvalue weighted by atomic mass is 16.4. The van der Waals surface area contributed by atoms with Crippen molar-refractivity contribution < 1.29 is 19.8 Å². The van der Waals surface area contributed by atoms with E-state index in [2.05, 4.69) is 6.92 Å². The SMILES string of the molecule is CCCCCCCCCCCC(C(=O)[O-])C(=O)[O-]. The molecule has 0 unspecified atom stereocenters. The fourth-order valence-corrected chi connectivity index (χ4v) is 1.99. The molecule has 4 heteroatoms. The number of hydrogen-bond acceptors (Lipinski definition) is 4. The van der Waals surface area contributed by atoms with Gasteiger partial charge >= 0.3 is 0 Å². The van der Waals surface area contributed by atoms with E-state index in [1.165, 1.54) is 32.1 Å². The Morgan fingerprint density at radius 3 is 1.56 bits per heavy atom. The van der Waals surface area contributed by atoms with Crippen LogP contribution in [0.15, 0.2) is 0 Å². The number of rotatable bonds is 12. The maximum atomic E-state index is 10.5. The molecule has 0 aliphatic rings. The molecule has 0 atom stereocenters. The maximum Gasteiger partial charge on any atom is 0.0501 e. The van der Waals surface area contributed by atoms with Gasteiger partial charge in [0.15, 0.2) is 0 Å². The van der Waals surface area contributed by atoms with Crippen LogP contribution in [-0.4, -0.2) is 11.9 Å². The van der Waals surface area contributed by atoms with Crippen molar-refractivity contribution in [2.24, 2.45) is 5.92 Å². The van der Waals surface area contributed by atoms with Crippen LogP contribution in [0.2, 0.25) is 0 Å². The molecule has 0 aromatic carbocycles. The minimum absolute atomic E-state index is 0.125. The van der Waals surface area contributed by atoms with E-state index in [1.807, 2.05) is 0 Å². The van der Waals surface area contributed by atoms with Gasteiger partial charge in [0.05, 0.1) is 11.9 Å². The van der Waals surface area contributed by atoms with Crippen molar-refractivity contribution in [3.63, 3.8) is 0 Å². The standard InChI is InChI=1S/C14H26O4/c1-2-3-4-5-6-7-8-9-10-11-12(13(15)16)14(17)18/h12H,2-11H2,1H3,(H,15,16)(H,17,18)/p-2. The zero-order chi connectivity index (χ0) is 13.8. The lowest BCUT2D eigenvalue weighted by Gasteiger charge is -2.18. The molecule has 0 saturated carbocycles. The number of carboxylic acid groups (broad SMARTS) is 2. The Kier molecular flexibility index (Phi) is 10.4. The van der Waals surface area contributed by atoms with Gasteiger partial charge in [-0.1, -0.05) is 64.7 Å². The summed E-state index contributed by atoms with van der Waals surface area (Å²) in [5, 5.41) is 21.0. The zero-order valence-electron chi connectivity index (χ0n) is 11.3. The van der Waals surface area contributed by atoms with Crippen molar-refractivity contribution in [2.45, 2.75) is 71.1 Å². The highest BCUT2D eigenvalue weighted by Gasteiger charge is 2.10. The van der Waals surface area contributed by atoms with Crippen molar-refractivity contribution in [3.8, 4) is 0 Å². The molecule has 0 rings (SSSR count). The summed E-state index contributed by atoms with van der Waals surface area (Å²) in [4.78, 5) is 21.0. The number of carbonyl (C=O) groups is 2. The van der Waals surface area contributed by atoms with Crippen LogP contribution in [0.4, 0.5) is 0 Å². The second-order valence-electron chi connectivity index (χ2n) is 4.81. The second kappa shape index (κ2) is 11.1. The van der Waals surface area contributed by atoms with E-state index in [0.717, 1.165) is 19.3 Å². The third-order valence-electron chi connectivity index (χ3n) is 3.17. The molecule has 0 spiro atoms. The lowest BCUT2D eigenvalue weighted by atomic mass is 10.00. The van der Waals surface area contributed by atoms with E-state index >= 15 is 0 Å². The van der Waals surface area contributed by atoms with Crippen LogP contribution < -0.4 is 10.2 Å². The minimum Gasteiger partial charge on any atom is -0.549 e. The Balaban J connectivity index is 3.39. The van der Waals surface area contributed by atoms with Gasteiger partial charge in [-0.25, -0.2) is 0 Å². The highest BCUT2D eigenvalue weighted by molar-refractivity contribution is 5.90. The highest BCUT2D eigenvalue weighted by Crippen LogP contribution is 2.13. The lowest BCUT2D eigenvalue weighted by molar-refractivity contribution is -0.332. The lowest BCUT2D eigenvalue weighted by Crippen LogP contribution is -2.43. The van der Waals surface area contributed by atoms with Gasteiger partial charge in [0.25, 0.3) is 0 Å². The fourth-order valence-electron chi connectivity index (χ4n) is 1.99. The van der Waals surface area contributed by atoms with E-state index in [4.69, 9.17) is 0 Å². The van der Waals surface area contributed by atoms with Crippen LogP contribution in [0.1, 0.15) is 71.1 Å². The van der Waals surface area contributed by atoms with Gasteiger partial charge < -0.3 is 19.8 Å². The molecule has 18 heavy (non-hydrogen) atoms. The Morgan fingerprint density at radius 2 is 1.17 bits per heavy atom. The fraction of sp³-hybridized carbons (Fsp3) is 0.857. The summed E-state index contributed by atoms with van der Waals surface area (Å²) in [7, 11) is 0. The average Bonchev–Trinajstić information content (AvgIpc) is 2.30. The molecule has 0 aliphatic heterocycles. The number of carboxylic acids is 2. The number of hydrogen-bond donors (Lipinski definition) is 0. The first-order chi connectivity index (χ1) is 8.59. The van der Waals surface area contributed by atoms with Crippen LogP contribution in [0, 0.1) is 5.92 Å². The van der Waals surface area contributed by atoms with Gasteiger partial charge in [-0.3, -0.25) is 0 Å². The molecule has 0 aromatic heterocycles. The largest absolute Gasteiger partial charge is 0.549 e. The Bertz CT molecular complexity index is 224. The first-order valence-electron chi connectivity index (χ1n) is 7.01. The number of carbonyl (C=O) groups excluding carboxylic acids is 2. The molecular formula is C14H24O4-2. The topological polar surface area (TPSA) is 80.3 Å². The molecule has 4 nitrogen and oxygen atoms in total. The molecule has 0 aliphatic carbocycles. The van der Waals surface area contributed by atoms with Gasteiger partial charge in [0.2, 0.25) is 0 Å². The monoisotopic (exact) mass is 256 g/mol. The van der Waals surface area contributed by atoms with Crippen LogP contribution in [0.5, 0.6) is 0 Å². The van der Waals surface area contributed by atoms with Crippen LogP contribution >= 0.6 is 0 Å². The van der Waals surface area contributed by atoms with Gasteiger partial charge in [0, 0.05) is 5.92 Å². The van der Waals surface area contributed by atoms with E-state index in [-0.39, 0.29) is 6.42 Å². The molecule has 0 aromatic rings. The zero-order valence-corrected chi connectivity index (χ0v) is 11.3. The molecule has 0 saturated heterocycles. The smallest absolute Gasteiger partial charge is 0.0501 e. The normalized spacial score (nSPS) is 10.8. The van der Waals surface area contributed by atoms with Gasteiger partial charge in [0.1, 0.15) is 0 Å². The summed E-state index contributed by atoms with van der Waals surface area (Å²) in [6.45, 7) is 2.19. The Morgan fingerprint density at radius 1 is 0.778 bits per heavy atom. The number of unbranched alkanes of at least 4 members (excludes halogenated alkanes) is 8. The van der Waals surface area contributed by atoms with E-state index in [1.54, 1.807) is 0 Å². The summed E-state index contributed by atoms with van der Waals surface area (Å²) in [6.07, 6.45) is 10.1. The Labute approximate surface area is 109 Å². The van der Waals surface area contributed by atoms with Gasteiger partial charge in [-0.15, -0.1) is 0 Å². The predicted molar refractivity (Wildman–Crippen MR) is 65.3 cm³/mol. The van der Waals surface area contributed by atoms with E-state index in [9.17, 15) is 19.8 Å². The van der Waals surface area contributed by atoms with Crippen molar-refractivity contribution in [3.05, 3.63) is 0 Å². The molecule has 0 fully saturated rings. The van der Waals surface area contributed by atoms with E-state index in [0.29, 0.717) is 6.42 Å². The summed E-state index contributed by atoms with van der Waals surface area (Å²) >= 11 is 0. The molecule has 0 radical (unpaired) electrons. The quantitative estimate of drug-likeness (QED) is 0.386. The summed E-state index contributed by atoms with van der Waals surface area (Å²) < 4.78 is 0. The molecule has 0 bridgehead atoms. The predicted octanol–water partition coefficient (Wildman–Crippen LogP) is 1.02. The summed E-state index contributed by atoms with van der Waals surface area (Å²) in [5.74, 6) is -4.52. The molecule has 106 valence electrons. The van der Waals surface area contributed by atoms with Crippen molar-refractivity contribution >= 4 is 11.9 Å². The third-order valence-corrected chi connectivity index (χ3v) is 3.17. The summed E-state index contributed by atoms with van der Waals surface area (Å²) in [5.41, 5.74) is 0. The summed E-state index contributed by atoms with van der Waals surface area (Å²) in [6, 6.07) is 0. The minimum atomic E-state index is -1.53.